The van der Waals surface area contributed by atoms with E-state index in [-0.39, 0.29) is 6.04 Å². The van der Waals surface area contributed by atoms with Crippen LogP contribution >= 0.6 is 0 Å². The molecule has 0 radical (unpaired) electrons. The standard InChI is InChI=1S/C19H25N3O3.C2HF3O2/c1-3-22-19-15(10-20-22)7-8-21(16(19)12-23-4-2)11-14-5-6-17-18(9-14)25-13-24-17;3-2(4,5)1(6)7/h5-6,9-10,16H,3-4,7-8,11-13H2,1-2H3;(H,6,7). The fourth-order valence-electron chi connectivity index (χ4n) is 3.73. The Balaban J connectivity index is 0.000000360. The summed E-state index contributed by atoms with van der Waals surface area (Å²) in [7, 11) is 0. The van der Waals surface area contributed by atoms with E-state index in [1.165, 1.54) is 16.8 Å². The van der Waals surface area contributed by atoms with Crippen molar-refractivity contribution in [3.63, 3.8) is 0 Å². The smallest absolute Gasteiger partial charge is 0.475 e. The Kier molecular flexibility index (Phi) is 7.62. The first-order valence-corrected chi connectivity index (χ1v) is 10.3. The van der Waals surface area contributed by atoms with E-state index in [0.29, 0.717) is 13.4 Å². The molecule has 2 aliphatic rings. The number of hydrogen-bond acceptors (Lipinski definition) is 6. The number of carboxylic acid groups (broad SMARTS) is 1. The minimum atomic E-state index is -5.08. The Morgan fingerprint density at radius 3 is 2.66 bits per heavy atom. The van der Waals surface area contributed by atoms with Crippen molar-refractivity contribution in [2.75, 3.05) is 26.6 Å². The van der Waals surface area contributed by atoms with Crippen molar-refractivity contribution in [2.24, 2.45) is 0 Å². The van der Waals surface area contributed by atoms with Crippen LogP contribution in [0.4, 0.5) is 13.2 Å². The second-order valence-corrected chi connectivity index (χ2v) is 7.26. The average Bonchev–Trinajstić information content (AvgIpc) is 3.39. The molecule has 176 valence electrons. The van der Waals surface area contributed by atoms with Crippen LogP contribution in [0.2, 0.25) is 0 Å². The maximum Gasteiger partial charge on any atom is 0.490 e. The van der Waals surface area contributed by atoms with Gasteiger partial charge in [-0.15, -0.1) is 0 Å². The van der Waals surface area contributed by atoms with Crippen LogP contribution < -0.4 is 9.47 Å². The van der Waals surface area contributed by atoms with Gasteiger partial charge in [0, 0.05) is 26.2 Å². The van der Waals surface area contributed by atoms with E-state index in [1.54, 1.807) is 0 Å². The van der Waals surface area contributed by atoms with Crippen molar-refractivity contribution < 1.29 is 37.3 Å². The monoisotopic (exact) mass is 457 g/mol. The quantitative estimate of drug-likeness (QED) is 0.712. The summed E-state index contributed by atoms with van der Waals surface area (Å²) in [6.45, 7) is 8.68. The average molecular weight is 457 g/mol. The molecule has 1 atom stereocenters. The van der Waals surface area contributed by atoms with Gasteiger partial charge in [-0.3, -0.25) is 9.58 Å². The minimum Gasteiger partial charge on any atom is -0.475 e. The number of aliphatic carboxylic acids is 1. The van der Waals surface area contributed by atoms with Gasteiger partial charge in [-0.05, 0) is 43.5 Å². The molecule has 2 aliphatic heterocycles. The molecule has 8 nitrogen and oxygen atoms in total. The Morgan fingerprint density at radius 1 is 1.28 bits per heavy atom. The van der Waals surface area contributed by atoms with Crippen molar-refractivity contribution in [1.82, 2.24) is 14.7 Å². The lowest BCUT2D eigenvalue weighted by molar-refractivity contribution is -0.192. The Hall–Kier alpha value is -2.79. The van der Waals surface area contributed by atoms with E-state index in [4.69, 9.17) is 24.1 Å². The van der Waals surface area contributed by atoms with Gasteiger partial charge in [0.2, 0.25) is 6.79 Å². The zero-order valence-electron chi connectivity index (χ0n) is 17.9. The molecular formula is C21H26F3N3O5. The number of benzene rings is 1. The summed E-state index contributed by atoms with van der Waals surface area (Å²) < 4.78 is 50.6. The number of aryl methyl sites for hydroxylation is 1. The summed E-state index contributed by atoms with van der Waals surface area (Å²) in [5.41, 5.74) is 3.90. The van der Waals surface area contributed by atoms with Gasteiger partial charge < -0.3 is 19.3 Å². The Labute approximate surface area is 183 Å². The summed E-state index contributed by atoms with van der Waals surface area (Å²) in [6, 6.07) is 6.45. The van der Waals surface area contributed by atoms with Crippen LogP contribution in [0.25, 0.3) is 0 Å². The molecule has 2 aromatic rings. The number of fused-ring (bicyclic) bond motifs is 2. The molecule has 0 spiro atoms. The molecule has 3 heterocycles. The van der Waals surface area contributed by atoms with Crippen LogP contribution in [0.15, 0.2) is 24.4 Å². The van der Waals surface area contributed by atoms with E-state index in [2.05, 4.69) is 33.7 Å². The third kappa shape index (κ3) is 5.52. The number of rotatable bonds is 6. The van der Waals surface area contributed by atoms with E-state index in [9.17, 15) is 13.2 Å². The Morgan fingerprint density at radius 2 is 2.00 bits per heavy atom. The normalized spacial score (nSPS) is 17.5. The molecule has 0 aliphatic carbocycles. The van der Waals surface area contributed by atoms with Crippen molar-refractivity contribution in [3.8, 4) is 11.5 Å². The zero-order valence-corrected chi connectivity index (χ0v) is 17.9. The number of ether oxygens (including phenoxy) is 3. The number of carboxylic acids is 1. The summed E-state index contributed by atoms with van der Waals surface area (Å²) >= 11 is 0. The van der Waals surface area contributed by atoms with E-state index >= 15 is 0 Å². The van der Waals surface area contributed by atoms with Crippen LogP contribution in [0.1, 0.15) is 36.7 Å². The number of carbonyl (C=O) groups is 1. The lowest BCUT2D eigenvalue weighted by atomic mass is 9.99. The Bertz CT molecular complexity index is 918. The van der Waals surface area contributed by atoms with Gasteiger partial charge in [0.25, 0.3) is 0 Å². The molecule has 0 bridgehead atoms. The first kappa shape index (κ1) is 23.9. The fraction of sp³-hybridized carbons (Fsp3) is 0.524. The van der Waals surface area contributed by atoms with Crippen LogP contribution in [0.3, 0.4) is 0 Å². The maximum atomic E-state index is 10.6. The molecule has 0 saturated heterocycles. The molecule has 1 aromatic carbocycles. The van der Waals surface area contributed by atoms with E-state index in [0.717, 1.165) is 44.2 Å². The van der Waals surface area contributed by atoms with Crippen LogP contribution in [0.5, 0.6) is 11.5 Å². The van der Waals surface area contributed by atoms with Crippen LogP contribution in [0, 0.1) is 0 Å². The molecule has 0 amide bonds. The van der Waals surface area contributed by atoms with Gasteiger partial charge in [-0.2, -0.15) is 18.3 Å². The molecule has 1 N–H and O–H groups in total. The van der Waals surface area contributed by atoms with Gasteiger partial charge in [-0.1, -0.05) is 6.07 Å². The van der Waals surface area contributed by atoms with E-state index in [1.807, 2.05) is 19.2 Å². The molecule has 4 rings (SSSR count). The predicted octanol–water partition coefficient (Wildman–Crippen LogP) is 3.40. The van der Waals surface area contributed by atoms with Gasteiger partial charge in [-0.25, -0.2) is 4.79 Å². The number of aromatic nitrogens is 2. The second kappa shape index (κ2) is 10.2. The summed E-state index contributed by atoms with van der Waals surface area (Å²) in [4.78, 5) is 11.4. The first-order valence-electron chi connectivity index (χ1n) is 10.3. The maximum absolute atomic E-state index is 10.6. The highest BCUT2D eigenvalue weighted by Gasteiger charge is 2.38. The molecule has 32 heavy (non-hydrogen) atoms. The van der Waals surface area contributed by atoms with Gasteiger partial charge >= 0.3 is 12.1 Å². The van der Waals surface area contributed by atoms with Crippen molar-refractivity contribution in [3.05, 3.63) is 41.2 Å². The third-order valence-electron chi connectivity index (χ3n) is 5.23. The number of hydrogen-bond donors (Lipinski definition) is 1. The lowest BCUT2D eigenvalue weighted by Gasteiger charge is -2.36. The SMILES string of the molecule is CCOCC1c2c(cnn2CC)CCN1Cc1ccc2c(c1)OCO2.O=C(O)C(F)(F)F. The lowest BCUT2D eigenvalue weighted by Crippen LogP contribution is -2.38. The molecule has 0 fully saturated rings. The third-order valence-corrected chi connectivity index (χ3v) is 5.23. The topological polar surface area (TPSA) is 86.0 Å². The van der Waals surface area contributed by atoms with Crippen molar-refractivity contribution in [2.45, 2.75) is 45.6 Å². The molecule has 1 aromatic heterocycles. The van der Waals surface area contributed by atoms with Gasteiger partial charge in [0.1, 0.15) is 0 Å². The van der Waals surface area contributed by atoms with Gasteiger partial charge in [0.05, 0.1) is 24.5 Å². The van der Waals surface area contributed by atoms with Crippen molar-refractivity contribution >= 4 is 5.97 Å². The minimum absolute atomic E-state index is 0.233. The molecule has 1 unspecified atom stereocenters. The highest BCUT2D eigenvalue weighted by atomic mass is 19.4. The second-order valence-electron chi connectivity index (χ2n) is 7.26. The highest BCUT2D eigenvalue weighted by molar-refractivity contribution is 5.73. The predicted molar refractivity (Wildman–Crippen MR) is 108 cm³/mol. The summed E-state index contributed by atoms with van der Waals surface area (Å²) in [6.07, 6.45) is -2.03. The van der Waals surface area contributed by atoms with E-state index < -0.39 is 12.1 Å². The number of halogens is 3. The molecule has 0 saturated carbocycles. The summed E-state index contributed by atoms with van der Waals surface area (Å²) in [5, 5.41) is 11.7. The molecule has 11 heteroatoms. The zero-order chi connectivity index (χ0) is 23.3. The fourth-order valence-corrected chi connectivity index (χ4v) is 3.73. The van der Waals surface area contributed by atoms with Crippen molar-refractivity contribution in [1.29, 1.82) is 0 Å². The number of alkyl halides is 3. The van der Waals surface area contributed by atoms with Crippen LogP contribution in [-0.4, -0.2) is 58.5 Å². The largest absolute Gasteiger partial charge is 0.490 e. The highest BCUT2D eigenvalue weighted by Crippen LogP contribution is 2.35. The molecular weight excluding hydrogens is 431 g/mol. The van der Waals surface area contributed by atoms with Crippen LogP contribution in [-0.2, 0) is 29.0 Å². The first-order chi connectivity index (χ1) is 15.2. The van der Waals surface area contributed by atoms with Gasteiger partial charge in [0.15, 0.2) is 11.5 Å². The summed E-state index contributed by atoms with van der Waals surface area (Å²) in [5.74, 6) is -1.08. The number of nitrogens with zero attached hydrogens (tertiary/aromatic N) is 3.